The number of nitrogens with one attached hydrogen (secondary N) is 1. The Labute approximate surface area is 115 Å². The van der Waals surface area contributed by atoms with E-state index in [9.17, 15) is 0 Å². The van der Waals surface area contributed by atoms with Crippen LogP contribution in [0, 0.1) is 0 Å². The van der Waals surface area contributed by atoms with Crippen LogP contribution in [0.25, 0.3) is 0 Å². The average Bonchev–Trinajstić information content (AvgIpc) is 2.40. The minimum absolute atomic E-state index is 0.127. The van der Waals surface area contributed by atoms with Crippen molar-refractivity contribution >= 4 is 5.69 Å². The van der Waals surface area contributed by atoms with Crippen molar-refractivity contribution in [3.8, 4) is 0 Å². The average molecular weight is 254 g/mol. The molecule has 0 saturated carbocycles. The van der Waals surface area contributed by atoms with Gasteiger partial charge in [-0.05, 0) is 23.3 Å². The van der Waals surface area contributed by atoms with Gasteiger partial charge in [0.1, 0.15) is 0 Å². The van der Waals surface area contributed by atoms with Crippen molar-refractivity contribution in [2.75, 3.05) is 12.3 Å². The van der Waals surface area contributed by atoms with Crippen LogP contribution < -0.4 is 11.1 Å². The molecule has 100 valence electrons. The van der Waals surface area contributed by atoms with Crippen molar-refractivity contribution in [1.82, 2.24) is 5.32 Å². The Hall–Kier alpha value is -1.80. The molecule has 2 aromatic carbocycles. The van der Waals surface area contributed by atoms with Crippen molar-refractivity contribution in [2.45, 2.75) is 25.8 Å². The van der Waals surface area contributed by atoms with Crippen LogP contribution in [-0.4, -0.2) is 6.54 Å². The molecule has 19 heavy (non-hydrogen) atoms. The number of benzene rings is 2. The zero-order chi connectivity index (χ0) is 13.7. The highest BCUT2D eigenvalue weighted by molar-refractivity contribution is 5.40. The second-order valence-electron chi connectivity index (χ2n) is 5.60. The number of hydrogen-bond donors (Lipinski definition) is 2. The summed E-state index contributed by atoms with van der Waals surface area (Å²) >= 11 is 0. The van der Waals surface area contributed by atoms with E-state index in [-0.39, 0.29) is 5.41 Å². The molecular formula is C17H22N2. The fraction of sp³-hybridized carbons (Fsp3) is 0.294. The highest BCUT2D eigenvalue weighted by Gasteiger charge is 2.19. The van der Waals surface area contributed by atoms with Crippen LogP contribution in [0.3, 0.4) is 0 Å². The second-order valence-corrected chi connectivity index (χ2v) is 5.60. The van der Waals surface area contributed by atoms with E-state index in [1.54, 1.807) is 0 Å². The molecule has 2 heteroatoms. The molecule has 0 saturated heterocycles. The summed E-state index contributed by atoms with van der Waals surface area (Å²) in [5.41, 5.74) is 9.31. The van der Waals surface area contributed by atoms with Gasteiger partial charge >= 0.3 is 0 Å². The number of nitrogens with two attached hydrogens (primary N) is 1. The SMILES string of the molecule is CC(C)(CNCc1cccc(N)c1)c1ccccc1. The summed E-state index contributed by atoms with van der Waals surface area (Å²) in [5.74, 6) is 0. The summed E-state index contributed by atoms with van der Waals surface area (Å²) in [6, 6.07) is 18.6. The van der Waals surface area contributed by atoms with Crippen molar-refractivity contribution in [1.29, 1.82) is 0 Å². The summed E-state index contributed by atoms with van der Waals surface area (Å²) in [6.07, 6.45) is 0. The minimum atomic E-state index is 0.127. The molecule has 0 atom stereocenters. The van der Waals surface area contributed by atoms with Gasteiger partial charge in [-0.1, -0.05) is 56.3 Å². The molecule has 3 N–H and O–H groups in total. The Morgan fingerprint density at radius 2 is 1.74 bits per heavy atom. The summed E-state index contributed by atoms with van der Waals surface area (Å²) in [6.45, 7) is 6.30. The largest absolute Gasteiger partial charge is 0.399 e. The molecule has 0 aromatic heterocycles. The maximum atomic E-state index is 5.78. The summed E-state index contributed by atoms with van der Waals surface area (Å²) in [7, 11) is 0. The van der Waals surface area contributed by atoms with Gasteiger partial charge in [0, 0.05) is 24.2 Å². The fourth-order valence-electron chi connectivity index (χ4n) is 2.21. The molecular weight excluding hydrogens is 232 g/mol. The van der Waals surface area contributed by atoms with E-state index in [0.717, 1.165) is 18.8 Å². The molecule has 0 unspecified atom stereocenters. The minimum Gasteiger partial charge on any atom is -0.399 e. The van der Waals surface area contributed by atoms with Gasteiger partial charge in [0.05, 0.1) is 0 Å². The maximum absolute atomic E-state index is 5.78. The van der Waals surface area contributed by atoms with Crippen molar-refractivity contribution < 1.29 is 0 Å². The van der Waals surface area contributed by atoms with Crippen molar-refractivity contribution in [3.05, 3.63) is 65.7 Å². The lowest BCUT2D eigenvalue weighted by Gasteiger charge is -2.25. The first-order valence-electron chi connectivity index (χ1n) is 6.68. The standard InChI is InChI=1S/C17H22N2/c1-17(2,15-8-4-3-5-9-15)13-19-12-14-7-6-10-16(18)11-14/h3-11,19H,12-13,18H2,1-2H3. The topological polar surface area (TPSA) is 38.0 Å². The Morgan fingerprint density at radius 1 is 1.00 bits per heavy atom. The first kappa shape index (κ1) is 13.6. The molecule has 0 radical (unpaired) electrons. The normalized spacial score (nSPS) is 11.5. The summed E-state index contributed by atoms with van der Waals surface area (Å²) < 4.78 is 0. The fourth-order valence-corrected chi connectivity index (χ4v) is 2.21. The predicted octanol–water partition coefficient (Wildman–Crippen LogP) is 3.34. The molecule has 0 aliphatic rings. The molecule has 2 rings (SSSR count). The number of nitrogen functional groups attached to an aromatic ring is 1. The molecule has 0 spiro atoms. The molecule has 0 bridgehead atoms. The number of anilines is 1. The van der Waals surface area contributed by atoms with E-state index < -0.39 is 0 Å². The molecule has 2 aromatic rings. The van der Waals surface area contributed by atoms with Gasteiger partial charge in [-0.2, -0.15) is 0 Å². The monoisotopic (exact) mass is 254 g/mol. The second kappa shape index (κ2) is 5.89. The molecule has 0 heterocycles. The Morgan fingerprint density at radius 3 is 2.42 bits per heavy atom. The lowest BCUT2D eigenvalue weighted by molar-refractivity contribution is 0.469. The van der Waals surface area contributed by atoms with E-state index in [0.29, 0.717) is 0 Å². The van der Waals surface area contributed by atoms with Gasteiger partial charge in [0.2, 0.25) is 0 Å². The van der Waals surface area contributed by atoms with Gasteiger partial charge < -0.3 is 11.1 Å². The molecule has 0 aliphatic heterocycles. The van der Waals surface area contributed by atoms with E-state index >= 15 is 0 Å². The van der Waals surface area contributed by atoms with Gasteiger partial charge in [0.25, 0.3) is 0 Å². The summed E-state index contributed by atoms with van der Waals surface area (Å²) in [5, 5.41) is 3.51. The quantitative estimate of drug-likeness (QED) is 0.803. The van der Waals surface area contributed by atoms with E-state index in [2.05, 4.69) is 55.6 Å². The van der Waals surface area contributed by atoms with Crippen molar-refractivity contribution in [2.24, 2.45) is 0 Å². The highest BCUT2D eigenvalue weighted by atomic mass is 14.9. The number of hydrogen-bond acceptors (Lipinski definition) is 2. The van der Waals surface area contributed by atoms with Crippen LogP contribution in [-0.2, 0) is 12.0 Å². The third-order valence-electron chi connectivity index (χ3n) is 3.40. The Kier molecular flexibility index (Phi) is 4.23. The first-order chi connectivity index (χ1) is 9.08. The van der Waals surface area contributed by atoms with Crippen LogP contribution in [0.4, 0.5) is 5.69 Å². The van der Waals surface area contributed by atoms with Gasteiger partial charge in [0.15, 0.2) is 0 Å². The molecule has 0 aliphatic carbocycles. The lowest BCUT2D eigenvalue weighted by Crippen LogP contribution is -2.32. The van der Waals surface area contributed by atoms with Crippen molar-refractivity contribution in [3.63, 3.8) is 0 Å². The van der Waals surface area contributed by atoms with E-state index in [1.165, 1.54) is 11.1 Å². The van der Waals surface area contributed by atoms with Crippen LogP contribution in [0.2, 0.25) is 0 Å². The Bertz CT molecular complexity index is 518. The van der Waals surface area contributed by atoms with Crippen LogP contribution in [0.5, 0.6) is 0 Å². The van der Waals surface area contributed by atoms with Crippen LogP contribution >= 0.6 is 0 Å². The predicted molar refractivity (Wildman–Crippen MR) is 82.0 cm³/mol. The third kappa shape index (κ3) is 3.83. The van der Waals surface area contributed by atoms with E-state index in [4.69, 9.17) is 5.73 Å². The van der Waals surface area contributed by atoms with E-state index in [1.807, 2.05) is 18.2 Å². The first-order valence-corrected chi connectivity index (χ1v) is 6.68. The zero-order valence-corrected chi connectivity index (χ0v) is 11.7. The maximum Gasteiger partial charge on any atom is 0.0317 e. The van der Waals surface area contributed by atoms with Gasteiger partial charge in [-0.25, -0.2) is 0 Å². The molecule has 0 amide bonds. The van der Waals surface area contributed by atoms with Gasteiger partial charge in [-0.15, -0.1) is 0 Å². The smallest absolute Gasteiger partial charge is 0.0317 e. The number of rotatable bonds is 5. The Balaban J connectivity index is 1.92. The molecule has 2 nitrogen and oxygen atoms in total. The zero-order valence-electron chi connectivity index (χ0n) is 11.7. The van der Waals surface area contributed by atoms with Crippen LogP contribution in [0.15, 0.2) is 54.6 Å². The highest BCUT2D eigenvalue weighted by Crippen LogP contribution is 2.21. The van der Waals surface area contributed by atoms with Gasteiger partial charge in [-0.3, -0.25) is 0 Å². The lowest BCUT2D eigenvalue weighted by atomic mass is 9.84. The summed E-state index contributed by atoms with van der Waals surface area (Å²) in [4.78, 5) is 0. The van der Waals surface area contributed by atoms with Crippen LogP contribution in [0.1, 0.15) is 25.0 Å². The molecule has 0 fully saturated rings. The third-order valence-corrected chi connectivity index (χ3v) is 3.40.